The second kappa shape index (κ2) is 6.31. The molecule has 6 heteroatoms. The van der Waals surface area contributed by atoms with E-state index in [0.29, 0.717) is 25.4 Å². The molecule has 23 heavy (non-hydrogen) atoms. The van der Waals surface area contributed by atoms with Crippen molar-refractivity contribution in [3.8, 4) is 0 Å². The molecule has 122 valence electrons. The molecule has 1 aliphatic heterocycles. The molecule has 0 bridgehead atoms. The van der Waals surface area contributed by atoms with Crippen molar-refractivity contribution >= 4 is 15.7 Å². The van der Waals surface area contributed by atoms with E-state index in [2.05, 4.69) is 0 Å². The Morgan fingerprint density at radius 2 is 1.83 bits per heavy atom. The summed E-state index contributed by atoms with van der Waals surface area (Å²) in [5, 5.41) is 0. The van der Waals surface area contributed by atoms with Gasteiger partial charge in [-0.05, 0) is 42.3 Å². The van der Waals surface area contributed by atoms with Gasteiger partial charge in [0.05, 0.1) is 17.6 Å². The quantitative estimate of drug-likeness (QED) is 0.876. The highest BCUT2D eigenvalue weighted by molar-refractivity contribution is 7.89. The van der Waals surface area contributed by atoms with Crippen molar-refractivity contribution in [3.63, 3.8) is 0 Å². The van der Waals surface area contributed by atoms with Crippen molar-refractivity contribution in [1.82, 2.24) is 4.31 Å². The molecule has 1 saturated heterocycles. The lowest BCUT2D eigenvalue weighted by molar-refractivity contribution is -0.00288. The third kappa shape index (κ3) is 3.24. The molecule has 2 aromatic carbocycles. The first-order chi connectivity index (χ1) is 11.0. The van der Waals surface area contributed by atoms with Gasteiger partial charge in [0.25, 0.3) is 0 Å². The van der Waals surface area contributed by atoms with Gasteiger partial charge in [0.1, 0.15) is 0 Å². The highest BCUT2D eigenvalue weighted by atomic mass is 32.2. The summed E-state index contributed by atoms with van der Waals surface area (Å²) in [6.07, 6.45) is -0.242. The van der Waals surface area contributed by atoms with Gasteiger partial charge in [-0.25, -0.2) is 8.42 Å². The maximum absolute atomic E-state index is 12.8. The van der Waals surface area contributed by atoms with Crippen LogP contribution >= 0.6 is 0 Å². The van der Waals surface area contributed by atoms with E-state index in [1.165, 1.54) is 4.31 Å². The molecule has 0 unspecified atom stereocenters. The van der Waals surface area contributed by atoms with E-state index >= 15 is 0 Å². The van der Waals surface area contributed by atoms with E-state index < -0.39 is 10.0 Å². The topological polar surface area (TPSA) is 72.6 Å². The SMILES string of the molecule is Cc1ccccc1[C@@H]1CN(S(=O)(=O)c2ccc(N)cc2)CCO1. The number of nitrogens with zero attached hydrogens (tertiary/aromatic N) is 1. The molecule has 1 heterocycles. The summed E-state index contributed by atoms with van der Waals surface area (Å²) >= 11 is 0. The van der Waals surface area contributed by atoms with Crippen LogP contribution in [0, 0.1) is 6.92 Å². The summed E-state index contributed by atoms with van der Waals surface area (Å²) < 4.78 is 32.9. The van der Waals surface area contributed by atoms with Crippen LogP contribution in [0.25, 0.3) is 0 Å². The Morgan fingerprint density at radius 1 is 1.13 bits per heavy atom. The minimum Gasteiger partial charge on any atom is -0.399 e. The molecular formula is C17H20N2O3S. The Kier molecular flexibility index (Phi) is 4.39. The van der Waals surface area contributed by atoms with Crippen LogP contribution in [0.4, 0.5) is 5.69 Å². The van der Waals surface area contributed by atoms with Crippen LogP contribution in [-0.2, 0) is 14.8 Å². The Balaban J connectivity index is 1.86. The third-order valence-corrected chi connectivity index (χ3v) is 5.96. The van der Waals surface area contributed by atoms with Crippen LogP contribution < -0.4 is 5.73 Å². The second-order valence-electron chi connectivity index (χ2n) is 5.65. The molecule has 0 radical (unpaired) electrons. The molecule has 2 N–H and O–H groups in total. The van der Waals surface area contributed by atoms with Gasteiger partial charge in [0.15, 0.2) is 0 Å². The number of rotatable bonds is 3. The maximum Gasteiger partial charge on any atom is 0.243 e. The van der Waals surface area contributed by atoms with Crippen LogP contribution in [0.15, 0.2) is 53.4 Å². The first kappa shape index (κ1) is 16.0. The predicted molar refractivity (Wildman–Crippen MR) is 89.5 cm³/mol. The summed E-state index contributed by atoms with van der Waals surface area (Å²) in [5.41, 5.74) is 8.31. The van der Waals surface area contributed by atoms with Gasteiger partial charge >= 0.3 is 0 Å². The molecule has 0 saturated carbocycles. The van der Waals surface area contributed by atoms with E-state index in [9.17, 15) is 8.42 Å². The highest BCUT2D eigenvalue weighted by Crippen LogP contribution is 2.28. The fourth-order valence-corrected chi connectivity index (χ4v) is 4.19. The van der Waals surface area contributed by atoms with Gasteiger partial charge in [-0.1, -0.05) is 24.3 Å². The number of ether oxygens (including phenoxy) is 1. The van der Waals surface area contributed by atoms with Gasteiger partial charge in [-0.2, -0.15) is 4.31 Å². The first-order valence-electron chi connectivity index (χ1n) is 7.51. The minimum absolute atomic E-state index is 0.242. The van der Waals surface area contributed by atoms with E-state index in [1.54, 1.807) is 24.3 Å². The molecule has 0 aromatic heterocycles. The molecule has 1 atom stereocenters. The zero-order chi connectivity index (χ0) is 16.4. The van der Waals surface area contributed by atoms with Crippen LogP contribution in [0.5, 0.6) is 0 Å². The molecule has 0 aliphatic carbocycles. The molecule has 3 rings (SSSR count). The molecule has 2 aromatic rings. The van der Waals surface area contributed by atoms with Crippen molar-refractivity contribution < 1.29 is 13.2 Å². The van der Waals surface area contributed by atoms with Gasteiger partial charge in [0.2, 0.25) is 10.0 Å². The van der Waals surface area contributed by atoms with Crippen molar-refractivity contribution in [1.29, 1.82) is 0 Å². The van der Waals surface area contributed by atoms with E-state index in [-0.39, 0.29) is 11.0 Å². The average molecular weight is 332 g/mol. The third-order valence-electron chi connectivity index (χ3n) is 4.08. The smallest absolute Gasteiger partial charge is 0.243 e. The molecule has 1 aliphatic rings. The Bertz CT molecular complexity index is 788. The summed E-state index contributed by atoms with van der Waals surface area (Å²) in [5.74, 6) is 0. The summed E-state index contributed by atoms with van der Waals surface area (Å²) in [7, 11) is -3.53. The molecule has 5 nitrogen and oxygen atoms in total. The van der Waals surface area contributed by atoms with E-state index in [0.717, 1.165) is 11.1 Å². The van der Waals surface area contributed by atoms with Gasteiger partial charge in [-0.3, -0.25) is 0 Å². The molecule has 1 fully saturated rings. The van der Waals surface area contributed by atoms with Crippen molar-refractivity contribution in [3.05, 3.63) is 59.7 Å². The standard InChI is InChI=1S/C17H20N2O3S/c1-13-4-2-3-5-16(13)17-12-19(10-11-22-17)23(20,21)15-8-6-14(18)7-9-15/h2-9,17H,10-12,18H2,1H3/t17-/m0/s1. The lowest BCUT2D eigenvalue weighted by Gasteiger charge is -2.33. The maximum atomic E-state index is 12.8. The van der Waals surface area contributed by atoms with Gasteiger partial charge in [0, 0.05) is 18.8 Å². The molecule has 0 spiro atoms. The van der Waals surface area contributed by atoms with Crippen LogP contribution in [0.2, 0.25) is 0 Å². The van der Waals surface area contributed by atoms with Crippen molar-refractivity contribution in [2.75, 3.05) is 25.4 Å². The fraction of sp³-hybridized carbons (Fsp3) is 0.294. The molecular weight excluding hydrogens is 312 g/mol. The Hall–Kier alpha value is -1.89. The number of morpholine rings is 1. The second-order valence-corrected chi connectivity index (χ2v) is 7.59. The number of aryl methyl sites for hydroxylation is 1. The van der Waals surface area contributed by atoms with Crippen LogP contribution in [0.1, 0.15) is 17.2 Å². The van der Waals surface area contributed by atoms with Crippen molar-refractivity contribution in [2.45, 2.75) is 17.9 Å². The number of sulfonamides is 1. The normalized spacial score (nSPS) is 19.6. The van der Waals surface area contributed by atoms with E-state index in [1.807, 2.05) is 31.2 Å². The number of nitrogens with two attached hydrogens (primary N) is 1. The highest BCUT2D eigenvalue weighted by Gasteiger charge is 2.31. The zero-order valence-corrected chi connectivity index (χ0v) is 13.8. The lowest BCUT2D eigenvalue weighted by atomic mass is 10.0. The Labute approximate surface area is 136 Å². The number of benzene rings is 2. The van der Waals surface area contributed by atoms with E-state index in [4.69, 9.17) is 10.5 Å². The van der Waals surface area contributed by atoms with Crippen LogP contribution in [-0.4, -0.2) is 32.4 Å². The number of anilines is 1. The first-order valence-corrected chi connectivity index (χ1v) is 8.95. The van der Waals surface area contributed by atoms with Gasteiger partial charge < -0.3 is 10.5 Å². The summed E-state index contributed by atoms with van der Waals surface area (Å²) in [4.78, 5) is 0.261. The summed E-state index contributed by atoms with van der Waals surface area (Å²) in [6.45, 7) is 3.06. The lowest BCUT2D eigenvalue weighted by Crippen LogP contribution is -2.42. The Morgan fingerprint density at radius 3 is 2.52 bits per heavy atom. The largest absolute Gasteiger partial charge is 0.399 e. The summed E-state index contributed by atoms with van der Waals surface area (Å²) in [6, 6.07) is 14.2. The number of hydrogen-bond donors (Lipinski definition) is 1. The van der Waals surface area contributed by atoms with Crippen molar-refractivity contribution in [2.24, 2.45) is 0 Å². The average Bonchev–Trinajstić information content (AvgIpc) is 2.56. The zero-order valence-electron chi connectivity index (χ0n) is 13.0. The minimum atomic E-state index is -3.53. The molecule has 0 amide bonds. The predicted octanol–water partition coefficient (Wildman–Crippen LogP) is 2.34. The number of nitrogen functional groups attached to an aromatic ring is 1. The fourth-order valence-electron chi connectivity index (χ4n) is 2.77. The van der Waals surface area contributed by atoms with Crippen LogP contribution in [0.3, 0.4) is 0 Å². The number of hydrogen-bond acceptors (Lipinski definition) is 4. The van der Waals surface area contributed by atoms with Gasteiger partial charge in [-0.15, -0.1) is 0 Å². The monoisotopic (exact) mass is 332 g/mol.